The Kier molecular flexibility index (Phi) is 6.52. The van der Waals surface area contributed by atoms with Crippen molar-refractivity contribution in [1.29, 1.82) is 0 Å². The molecule has 2 aromatic carbocycles. The number of rotatable bonds is 7. The minimum atomic E-state index is -0.115. The molecule has 0 aliphatic heterocycles. The maximum absolute atomic E-state index is 12.7. The maximum Gasteiger partial charge on any atom is 0.251 e. The Morgan fingerprint density at radius 1 is 1.25 bits per heavy atom. The molecule has 5 nitrogen and oxygen atoms in total. The van der Waals surface area contributed by atoms with Crippen molar-refractivity contribution in [1.82, 2.24) is 15.1 Å². The first-order valence-electron chi connectivity index (χ1n) is 9.28. The fourth-order valence-electron chi connectivity index (χ4n) is 2.98. The van der Waals surface area contributed by atoms with Crippen molar-refractivity contribution in [3.63, 3.8) is 0 Å². The van der Waals surface area contributed by atoms with E-state index in [0.717, 1.165) is 33.6 Å². The Bertz CT molecular complexity index is 951. The zero-order valence-corrected chi connectivity index (χ0v) is 17.9. The second kappa shape index (κ2) is 9.06. The fourth-order valence-corrected chi connectivity index (χ4v) is 3.24. The first-order valence-corrected chi connectivity index (χ1v) is 10.1. The van der Waals surface area contributed by atoms with Gasteiger partial charge in [0.15, 0.2) is 0 Å². The molecule has 0 fully saturated rings. The summed E-state index contributed by atoms with van der Waals surface area (Å²) in [6.45, 7) is 7.19. The number of nitrogens with one attached hydrogen (secondary N) is 1. The minimum absolute atomic E-state index is 0.110. The predicted octanol–water partition coefficient (Wildman–Crippen LogP) is 5.04. The molecule has 3 aromatic rings. The van der Waals surface area contributed by atoms with E-state index in [0.29, 0.717) is 12.2 Å². The van der Waals surface area contributed by atoms with Gasteiger partial charge in [-0.05, 0) is 62.7 Å². The topological polar surface area (TPSA) is 56.2 Å². The molecule has 0 bridgehead atoms. The normalized spacial score (nSPS) is 11.9. The summed E-state index contributed by atoms with van der Waals surface area (Å²) in [5.74, 6) is 0.678. The lowest BCUT2D eigenvalue weighted by atomic mass is 10.1. The summed E-state index contributed by atoms with van der Waals surface area (Å²) in [7, 11) is 0. The van der Waals surface area contributed by atoms with Gasteiger partial charge in [0.25, 0.3) is 5.91 Å². The van der Waals surface area contributed by atoms with Gasteiger partial charge in [0.05, 0.1) is 11.7 Å². The second-order valence-electron chi connectivity index (χ2n) is 6.66. The minimum Gasteiger partial charge on any atom is -0.489 e. The van der Waals surface area contributed by atoms with Gasteiger partial charge in [0.1, 0.15) is 12.4 Å². The van der Waals surface area contributed by atoms with E-state index in [1.165, 1.54) is 0 Å². The SMILES string of the molecule is CCn1cc([C@H](C)NC(=O)c2cccc(COc3ccc(Br)cc3)c2)c(C)n1. The quantitative estimate of drug-likeness (QED) is 0.558. The molecule has 0 spiro atoms. The van der Waals surface area contributed by atoms with Crippen molar-refractivity contribution >= 4 is 21.8 Å². The Morgan fingerprint density at radius 2 is 2.00 bits per heavy atom. The molecule has 1 atom stereocenters. The van der Waals surface area contributed by atoms with Crippen LogP contribution in [-0.4, -0.2) is 15.7 Å². The molecule has 1 amide bonds. The fraction of sp³-hybridized carbons (Fsp3) is 0.273. The average molecular weight is 442 g/mol. The van der Waals surface area contributed by atoms with E-state index in [2.05, 4.69) is 26.3 Å². The lowest BCUT2D eigenvalue weighted by Crippen LogP contribution is -2.27. The number of amides is 1. The molecular weight excluding hydrogens is 418 g/mol. The van der Waals surface area contributed by atoms with Crippen molar-refractivity contribution in [3.8, 4) is 5.75 Å². The monoisotopic (exact) mass is 441 g/mol. The molecular formula is C22H24BrN3O2. The molecule has 1 aromatic heterocycles. The van der Waals surface area contributed by atoms with Gasteiger partial charge in [-0.25, -0.2) is 0 Å². The van der Waals surface area contributed by atoms with E-state index in [1.54, 1.807) is 0 Å². The standard InChI is InChI=1S/C22H24BrN3O2/c1-4-26-13-21(16(3)25-26)15(2)24-22(27)18-7-5-6-17(12-18)14-28-20-10-8-19(23)9-11-20/h5-13,15H,4,14H2,1-3H3,(H,24,27)/t15-/m0/s1. The van der Waals surface area contributed by atoms with Crippen LogP contribution in [0.25, 0.3) is 0 Å². The Hall–Kier alpha value is -2.60. The summed E-state index contributed by atoms with van der Waals surface area (Å²) < 4.78 is 8.69. The summed E-state index contributed by atoms with van der Waals surface area (Å²) >= 11 is 3.41. The number of benzene rings is 2. The predicted molar refractivity (Wildman–Crippen MR) is 113 cm³/mol. The summed E-state index contributed by atoms with van der Waals surface area (Å²) in [6.07, 6.45) is 1.99. The number of carbonyl (C=O) groups is 1. The summed E-state index contributed by atoms with van der Waals surface area (Å²) in [6, 6.07) is 15.1. The molecule has 146 valence electrons. The number of aromatic nitrogens is 2. The Morgan fingerprint density at radius 3 is 2.68 bits per heavy atom. The van der Waals surface area contributed by atoms with Crippen LogP contribution in [0.1, 0.15) is 47.1 Å². The van der Waals surface area contributed by atoms with E-state index < -0.39 is 0 Å². The summed E-state index contributed by atoms with van der Waals surface area (Å²) in [4.78, 5) is 12.7. The molecule has 0 saturated heterocycles. The molecule has 0 aliphatic carbocycles. The number of hydrogen-bond donors (Lipinski definition) is 1. The molecule has 28 heavy (non-hydrogen) atoms. The maximum atomic E-state index is 12.7. The smallest absolute Gasteiger partial charge is 0.251 e. The van der Waals surface area contributed by atoms with Gasteiger partial charge >= 0.3 is 0 Å². The Balaban J connectivity index is 1.64. The summed E-state index contributed by atoms with van der Waals surface area (Å²) in [5.41, 5.74) is 3.53. The van der Waals surface area contributed by atoms with Crippen molar-refractivity contribution < 1.29 is 9.53 Å². The van der Waals surface area contributed by atoms with Crippen LogP contribution < -0.4 is 10.1 Å². The van der Waals surface area contributed by atoms with Gasteiger partial charge < -0.3 is 10.1 Å². The molecule has 0 saturated carbocycles. The van der Waals surface area contributed by atoms with Crippen LogP contribution in [0.5, 0.6) is 5.75 Å². The average Bonchev–Trinajstić information content (AvgIpc) is 3.09. The number of aryl methyl sites for hydroxylation is 2. The highest BCUT2D eigenvalue weighted by molar-refractivity contribution is 9.10. The van der Waals surface area contributed by atoms with Crippen LogP contribution in [0, 0.1) is 6.92 Å². The van der Waals surface area contributed by atoms with Gasteiger partial charge in [-0.2, -0.15) is 5.10 Å². The molecule has 1 heterocycles. The van der Waals surface area contributed by atoms with E-state index in [-0.39, 0.29) is 11.9 Å². The number of ether oxygens (including phenoxy) is 1. The largest absolute Gasteiger partial charge is 0.489 e. The van der Waals surface area contributed by atoms with E-state index >= 15 is 0 Å². The first kappa shape index (κ1) is 20.1. The summed E-state index contributed by atoms with van der Waals surface area (Å²) in [5, 5.41) is 7.51. The lowest BCUT2D eigenvalue weighted by molar-refractivity contribution is 0.0939. The van der Waals surface area contributed by atoms with Gasteiger partial charge in [0.2, 0.25) is 0 Å². The van der Waals surface area contributed by atoms with Crippen molar-refractivity contribution in [2.75, 3.05) is 0 Å². The highest BCUT2D eigenvalue weighted by Crippen LogP contribution is 2.19. The van der Waals surface area contributed by atoms with Crippen molar-refractivity contribution in [2.24, 2.45) is 0 Å². The third-order valence-electron chi connectivity index (χ3n) is 4.53. The van der Waals surface area contributed by atoms with Crippen LogP contribution in [-0.2, 0) is 13.2 Å². The van der Waals surface area contributed by atoms with E-state index in [1.807, 2.05) is 80.2 Å². The molecule has 0 radical (unpaired) electrons. The molecule has 6 heteroatoms. The lowest BCUT2D eigenvalue weighted by Gasteiger charge is -2.14. The number of carbonyl (C=O) groups excluding carboxylic acids is 1. The number of halogens is 1. The number of nitrogens with zero attached hydrogens (tertiary/aromatic N) is 2. The molecule has 1 N–H and O–H groups in total. The molecule has 0 aliphatic rings. The van der Waals surface area contributed by atoms with Crippen molar-refractivity contribution in [3.05, 3.63) is 81.6 Å². The highest BCUT2D eigenvalue weighted by atomic mass is 79.9. The van der Waals surface area contributed by atoms with Gasteiger partial charge in [-0.3, -0.25) is 9.48 Å². The van der Waals surface area contributed by atoms with Crippen molar-refractivity contribution in [2.45, 2.75) is 40.0 Å². The van der Waals surface area contributed by atoms with Crippen LogP contribution in [0.2, 0.25) is 0 Å². The third kappa shape index (κ3) is 5.01. The van der Waals surface area contributed by atoms with Crippen LogP contribution in [0.3, 0.4) is 0 Å². The van der Waals surface area contributed by atoms with Crippen LogP contribution in [0.4, 0.5) is 0 Å². The first-order chi connectivity index (χ1) is 13.5. The molecule has 3 rings (SSSR count). The van der Waals surface area contributed by atoms with E-state index in [9.17, 15) is 4.79 Å². The van der Waals surface area contributed by atoms with Crippen LogP contribution in [0.15, 0.2) is 59.2 Å². The zero-order chi connectivity index (χ0) is 20.1. The highest BCUT2D eigenvalue weighted by Gasteiger charge is 2.16. The second-order valence-corrected chi connectivity index (χ2v) is 7.58. The Labute approximate surface area is 173 Å². The van der Waals surface area contributed by atoms with Gasteiger partial charge in [0, 0.05) is 28.3 Å². The zero-order valence-electron chi connectivity index (χ0n) is 16.3. The van der Waals surface area contributed by atoms with Crippen LogP contribution >= 0.6 is 15.9 Å². The molecule has 0 unspecified atom stereocenters. The van der Waals surface area contributed by atoms with E-state index in [4.69, 9.17) is 4.74 Å². The van der Waals surface area contributed by atoms with Gasteiger partial charge in [-0.15, -0.1) is 0 Å². The third-order valence-corrected chi connectivity index (χ3v) is 5.06. The van der Waals surface area contributed by atoms with Gasteiger partial charge in [-0.1, -0.05) is 28.1 Å². The number of hydrogen-bond acceptors (Lipinski definition) is 3.